The Morgan fingerprint density at radius 3 is 2.39 bits per heavy atom. The van der Waals surface area contributed by atoms with Crippen LogP contribution in [0.3, 0.4) is 0 Å². The first-order valence-corrected chi connectivity index (χ1v) is 13.6. The summed E-state index contributed by atoms with van der Waals surface area (Å²) in [5, 5.41) is 0. The monoisotopic (exact) mass is 426 g/mol. The summed E-state index contributed by atoms with van der Waals surface area (Å²) < 4.78 is 12.1. The van der Waals surface area contributed by atoms with Crippen LogP contribution in [0, 0.1) is 23.7 Å². The molecule has 0 saturated heterocycles. The molecule has 0 aliphatic heterocycles. The van der Waals surface area contributed by atoms with Gasteiger partial charge in [0.2, 0.25) is 0 Å². The lowest BCUT2D eigenvalue weighted by atomic mass is 9.62. The minimum absolute atomic E-state index is 0.560. The van der Waals surface area contributed by atoms with E-state index in [1.165, 1.54) is 83.5 Å². The number of fused-ring (bicyclic) bond motifs is 2. The van der Waals surface area contributed by atoms with Crippen molar-refractivity contribution in [3.63, 3.8) is 0 Å². The van der Waals surface area contributed by atoms with Gasteiger partial charge in [-0.1, -0.05) is 39.2 Å². The normalized spacial score (nSPS) is 30.5. The quantitative estimate of drug-likeness (QED) is 0.356. The minimum atomic E-state index is 0.560. The summed E-state index contributed by atoms with van der Waals surface area (Å²) in [6.07, 6.45) is 19.3. The Balaban J connectivity index is 1.23. The molecule has 1 aromatic carbocycles. The molecule has 0 spiro atoms. The topological polar surface area (TPSA) is 18.5 Å². The Hall–Kier alpha value is -1.02. The van der Waals surface area contributed by atoms with Gasteiger partial charge in [0.05, 0.1) is 12.7 Å². The average Bonchev–Trinajstić information content (AvgIpc) is 2.81. The van der Waals surface area contributed by atoms with E-state index in [1.807, 2.05) is 0 Å². The van der Waals surface area contributed by atoms with Gasteiger partial charge in [-0.25, -0.2) is 0 Å². The second-order valence-corrected chi connectivity index (χ2v) is 10.7. The summed E-state index contributed by atoms with van der Waals surface area (Å²) in [5.41, 5.74) is 3.15. The molecule has 0 radical (unpaired) electrons. The summed E-state index contributed by atoms with van der Waals surface area (Å²) >= 11 is 0. The Bertz CT molecular complexity index is 669. The molecule has 174 valence electrons. The van der Waals surface area contributed by atoms with Gasteiger partial charge in [0.25, 0.3) is 0 Å². The van der Waals surface area contributed by atoms with Crippen molar-refractivity contribution in [2.75, 3.05) is 13.2 Å². The van der Waals surface area contributed by atoms with E-state index in [0.29, 0.717) is 6.10 Å². The Morgan fingerprint density at radius 2 is 1.55 bits per heavy atom. The zero-order chi connectivity index (χ0) is 21.5. The molecule has 0 N–H and O–H groups in total. The molecule has 0 aromatic heterocycles. The van der Waals surface area contributed by atoms with Crippen LogP contribution in [0.4, 0.5) is 0 Å². The second-order valence-electron chi connectivity index (χ2n) is 10.7. The number of hydrogen-bond acceptors (Lipinski definition) is 2. The fourth-order valence-corrected chi connectivity index (χ4v) is 6.71. The van der Waals surface area contributed by atoms with Crippen molar-refractivity contribution in [3.05, 3.63) is 29.3 Å². The maximum Gasteiger partial charge on any atom is 0.119 e. The molecule has 3 aliphatic rings. The van der Waals surface area contributed by atoms with Crippen LogP contribution >= 0.6 is 0 Å². The van der Waals surface area contributed by atoms with Crippen LogP contribution in [0.25, 0.3) is 0 Å². The predicted octanol–water partition coefficient (Wildman–Crippen LogP) is 7.76. The van der Waals surface area contributed by atoms with Gasteiger partial charge in [0.15, 0.2) is 0 Å². The van der Waals surface area contributed by atoms with E-state index >= 15 is 0 Å². The van der Waals surface area contributed by atoms with Gasteiger partial charge in [0, 0.05) is 6.61 Å². The van der Waals surface area contributed by atoms with Gasteiger partial charge >= 0.3 is 0 Å². The fraction of sp³-hybridized carbons (Fsp3) is 0.793. The number of ether oxygens (including phenoxy) is 2. The maximum atomic E-state index is 6.28. The molecule has 3 aliphatic carbocycles. The van der Waals surface area contributed by atoms with Crippen molar-refractivity contribution in [2.45, 2.75) is 110 Å². The Morgan fingerprint density at radius 1 is 0.742 bits per heavy atom. The highest BCUT2D eigenvalue weighted by atomic mass is 16.5. The molecule has 2 saturated carbocycles. The predicted molar refractivity (Wildman–Crippen MR) is 130 cm³/mol. The van der Waals surface area contributed by atoms with Gasteiger partial charge in [-0.3, -0.25) is 0 Å². The van der Waals surface area contributed by atoms with E-state index in [0.717, 1.165) is 49.1 Å². The van der Waals surface area contributed by atoms with Crippen molar-refractivity contribution < 1.29 is 9.47 Å². The van der Waals surface area contributed by atoms with Crippen LogP contribution in [0.5, 0.6) is 5.75 Å². The smallest absolute Gasteiger partial charge is 0.119 e. The van der Waals surface area contributed by atoms with Crippen LogP contribution in [0.1, 0.15) is 102 Å². The SMILES string of the molecule is CCCCCCOC1CCC2CC(C3CCc4cc(OCCC)ccc4C3)CCC2C1. The lowest BCUT2D eigenvalue weighted by molar-refractivity contribution is -0.0250. The fourth-order valence-electron chi connectivity index (χ4n) is 6.71. The first-order chi connectivity index (χ1) is 15.3. The minimum Gasteiger partial charge on any atom is -0.494 e. The lowest BCUT2D eigenvalue weighted by Crippen LogP contribution is -2.37. The third kappa shape index (κ3) is 6.28. The van der Waals surface area contributed by atoms with Crippen LogP contribution in [0.15, 0.2) is 18.2 Å². The van der Waals surface area contributed by atoms with Crippen molar-refractivity contribution in [1.29, 1.82) is 0 Å². The number of benzene rings is 1. The van der Waals surface area contributed by atoms with Gasteiger partial charge in [0.1, 0.15) is 5.75 Å². The van der Waals surface area contributed by atoms with Gasteiger partial charge in [-0.05, 0) is 118 Å². The summed E-state index contributed by atoms with van der Waals surface area (Å²) in [6.45, 7) is 6.28. The van der Waals surface area contributed by atoms with Crippen LogP contribution in [-0.4, -0.2) is 19.3 Å². The van der Waals surface area contributed by atoms with Gasteiger partial charge < -0.3 is 9.47 Å². The van der Waals surface area contributed by atoms with E-state index in [9.17, 15) is 0 Å². The van der Waals surface area contributed by atoms with E-state index in [2.05, 4.69) is 32.0 Å². The van der Waals surface area contributed by atoms with E-state index < -0.39 is 0 Å². The maximum absolute atomic E-state index is 6.28. The molecule has 0 bridgehead atoms. The average molecular weight is 427 g/mol. The number of rotatable bonds is 10. The van der Waals surface area contributed by atoms with Gasteiger partial charge in [-0.2, -0.15) is 0 Å². The van der Waals surface area contributed by atoms with Crippen molar-refractivity contribution >= 4 is 0 Å². The standard InChI is InChI=1S/C29H46O2/c1-3-5-6-7-17-31-29-15-13-25-19-23(9-11-27(25)21-29)22-8-10-26-20-28(30-16-4-2)14-12-24(26)18-22/h12,14,20,22-23,25,27,29H,3-11,13,15-19,21H2,1-2H3. The first kappa shape index (κ1) is 23.1. The van der Waals surface area contributed by atoms with E-state index in [1.54, 1.807) is 11.1 Å². The van der Waals surface area contributed by atoms with Crippen molar-refractivity contribution in [1.82, 2.24) is 0 Å². The molecule has 2 nitrogen and oxygen atoms in total. The third-order valence-electron chi connectivity index (χ3n) is 8.54. The zero-order valence-electron chi connectivity index (χ0n) is 20.2. The first-order valence-electron chi connectivity index (χ1n) is 13.6. The highest BCUT2D eigenvalue weighted by Gasteiger charge is 2.38. The van der Waals surface area contributed by atoms with E-state index in [4.69, 9.17) is 9.47 Å². The molecule has 0 amide bonds. The summed E-state index contributed by atoms with van der Waals surface area (Å²) in [6, 6.07) is 6.89. The van der Waals surface area contributed by atoms with E-state index in [-0.39, 0.29) is 0 Å². The molecule has 5 unspecified atom stereocenters. The molecule has 2 heteroatoms. The van der Waals surface area contributed by atoms with Crippen LogP contribution < -0.4 is 4.74 Å². The molecule has 5 atom stereocenters. The molecular formula is C29H46O2. The zero-order valence-corrected chi connectivity index (χ0v) is 20.2. The summed E-state index contributed by atoms with van der Waals surface area (Å²) in [7, 11) is 0. The third-order valence-corrected chi connectivity index (χ3v) is 8.54. The highest BCUT2D eigenvalue weighted by Crippen LogP contribution is 2.47. The molecule has 31 heavy (non-hydrogen) atoms. The lowest BCUT2D eigenvalue weighted by Gasteiger charge is -2.45. The number of hydrogen-bond donors (Lipinski definition) is 0. The molecular weight excluding hydrogens is 380 g/mol. The second kappa shape index (κ2) is 11.7. The van der Waals surface area contributed by atoms with Crippen molar-refractivity contribution in [2.24, 2.45) is 23.7 Å². The summed E-state index contributed by atoms with van der Waals surface area (Å²) in [4.78, 5) is 0. The Labute approximate surface area is 191 Å². The Kier molecular flexibility index (Phi) is 8.76. The summed E-state index contributed by atoms with van der Waals surface area (Å²) in [5.74, 6) is 4.86. The molecule has 4 rings (SSSR count). The van der Waals surface area contributed by atoms with Crippen LogP contribution in [0.2, 0.25) is 0 Å². The van der Waals surface area contributed by atoms with Gasteiger partial charge in [-0.15, -0.1) is 0 Å². The molecule has 2 fully saturated rings. The number of unbranched alkanes of at least 4 members (excludes halogenated alkanes) is 3. The van der Waals surface area contributed by atoms with Crippen LogP contribution in [-0.2, 0) is 17.6 Å². The molecule has 1 aromatic rings. The number of aryl methyl sites for hydroxylation is 1. The van der Waals surface area contributed by atoms with Crippen molar-refractivity contribution in [3.8, 4) is 5.75 Å². The largest absolute Gasteiger partial charge is 0.494 e. The highest BCUT2D eigenvalue weighted by molar-refractivity contribution is 5.37. The molecule has 0 heterocycles.